The molecule has 0 spiro atoms. The minimum Gasteiger partial charge on any atom is -0.378 e. The number of rotatable bonds is 1. The molecule has 2 aromatic carbocycles. The second-order valence-electron chi connectivity index (χ2n) is 5.16. The number of pyridine rings is 1. The summed E-state index contributed by atoms with van der Waals surface area (Å²) in [7, 11) is 0. The maximum atomic E-state index is 5.41. The molecular formula is C17H16N2O. The van der Waals surface area contributed by atoms with Gasteiger partial charge in [0.2, 0.25) is 0 Å². The molecule has 0 atom stereocenters. The first-order valence-electron chi connectivity index (χ1n) is 7.02. The number of para-hydroxylation sites is 1. The van der Waals surface area contributed by atoms with Crippen molar-refractivity contribution in [2.24, 2.45) is 0 Å². The Hall–Kier alpha value is -2.13. The zero-order valence-electron chi connectivity index (χ0n) is 11.2. The first-order chi connectivity index (χ1) is 9.90. The molecule has 0 radical (unpaired) electrons. The molecule has 3 heteroatoms. The molecule has 3 nitrogen and oxygen atoms in total. The van der Waals surface area contributed by atoms with Crippen molar-refractivity contribution in [1.82, 2.24) is 4.98 Å². The third kappa shape index (κ3) is 2.00. The number of hydrogen-bond acceptors (Lipinski definition) is 3. The molecule has 4 rings (SSSR count). The number of anilines is 1. The van der Waals surface area contributed by atoms with Gasteiger partial charge in [-0.1, -0.05) is 18.2 Å². The second kappa shape index (κ2) is 4.76. The van der Waals surface area contributed by atoms with Gasteiger partial charge in [0.05, 0.1) is 24.2 Å². The Morgan fingerprint density at radius 3 is 2.55 bits per heavy atom. The lowest BCUT2D eigenvalue weighted by molar-refractivity contribution is 0.122. The van der Waals surface area contributed by atoms with Crippen LogP contribution < -0.4 is 4.90 Å². The Morgan fingerprint density at radius 1 is 0.850 bits per heavy atom. The Balaban J connectivity index is 1.83. The van der Waals surface area contributed by atoms with Gasteiger partial charge in [0.25, 0.3) is 0 Å². The molecule has 0 aliphatic carbocycles. The van der Waals surface area contributed by atoms with Crippen LogP contribution in [-0.2, 0) is 4.74 Å². The van der Waals surface area contributed by atoms with Crippen LogP contribution in [0, 0.1) is 0 Å². The van der Waals surface area contributed by atoms with Gasteiger partial charge in [-0.05, 0) is 30.3 Å². The average molecular weight is 264 g/mol. The highest BCUT2D eigenvalue weighted by Crippen LogP contribution is 2.25. The fraction of sp³-hybridized carbons (Fsp3) is 0.235. The van der Waals surface area contributed by atoms with E-state index in [-0.39, 0.29) is 0 Å². The fourth-order valence-electron chi connectivity index (χ4n) is 2.79. The van der Waals surface area contributed by atoms with Crippen LogP contribution in [0.5, 0.6) is 0 Å². The van der Waals surface area contributed by atoms with Crippen molar-refractivity contribution in [3.8, 4) is 0 Å². The van der Waals surface area contributed by atoms with E-state index in [0.717, 1.165) is 37.3 Å². The monoisotopic (exact) mass is 264 g/mol. The molecule has 1 aromatic heterocycles. The largest absolute Gasteiger partial charge is 0.378 e. The highest BCUT2D eigenvalue weighted by Gasteiger charge is 2.11. The Morgan fingerprint density at radius 2 is 1.65 bits per heavy atom. The summed E-state index contributed by atoms with van der Waals surface area (Å²) in [6.45, 7) is 3.56. The minimum atomic E-state index is 0.813. The van der Waals surface area contributed by atoms with E-state index in [1.807, 2.05) is 6.07 Å². The molecule has 0 amide bonds. The van der Waals surface area contributed by atoms with Crippen molar-refractivity contribution < 1.29 is 4.74 Å². The molecule has 3 aromatic rings. The van der Waals surface area contributed by atoms with Crippen molar-refractivity contribution in [3.63, 3.8) is 0 Å². The third-order valence-corrected chi connectivity index (χ3v) is 3.88. The van der Waals surface area contributed by atoms with Gasteiger partial charge >= 0.3 is 0 Å². The van der Waals surface area contributed by atoms with E-state index in [0.29, 0.717) is 0 Å². The van der Waals surface area contributed by atoms with Gasteiger partial charge in [0, 0.05) is 29.5 Å². The summed E-state index contributed by atoms with van der Waals surface area (Å²) in [6.07, 6.45) is 0. The van der Waals surface area contributed by atoms with E-state index in [2.05, 4.69) is 47.4 Å². The van der Waals surface area contributed by atoms with Gasteiger partial charge in [-0.2, -0.15) is 0 Å². The van der Waals surface area contributed by atoms with Crippen LogP contribution in [0.2, 0.25) is 0 Å². The molecule has 20 heavy (non-hydrogen) atoms. The zero-order chi connectivity index (χ0) is 13.4. The number of fused-ring (bicyclic) bond motifs is 2. The van der Waals surface area contributed by atoms with E-state index < -0.39 is 0 Å². The summed E-state index contributed by atoms with van der Waals surface area (Å²) < 4.78 is 5.41. The summed E-state index contributed by atoms with van der Waals surface area (Å²) in [5.41, 5.74) is 3.37. The minimum absolute atomic E-state index is 0.813. The molecule has 2 heterocycles. The normalized spacial score (nSPS) is 15.9. The van der Waals surface area contributed by atoms with E-state index in [9.17, 15) is 0 Å². The number of ether oxygens (including phenoxy) is 1. The van der Waals surface area contributed by atoms with Gasteiger partial charge in [-0.15, -0.1) is 0 Å². The maximum Gasteiger partial charge on any atom is 0.0711 e. The molecule has 1 fully saturated rings. The van der Waals surface area contributed by atoms with Gasteiger partial charge in [0.1, 0.15) is 0 Å². The number of nitrogens with zero attached hydrogens (tertiary/aromatic N) is 2. The first-order valence-corrected chi connectivity index (χ1v) is 7.02. The smallest absolute Gasteiger partial charge is 0.0711 e. The van der Waals surface area contributed by atoms with Crippen LogP contribution in [0.15, 0.2) is 48.5 Å². The maximum absolute atomic E-state index is 5.41. The van der Waals surface area contributed by atoms with Crippen molar-refractivity contribution in [2.75, 3.05) is 31.2 Å². The van der Waals surface area contributed by atoms with Crippen LogP contribution >= 0.6 is 0 Å². The standard InChI is InChI=1S/C17H16N2O/c1-2-4-16-13(3-1)11-14-12-15(5-6-17(14)18-16)19-7-9-20-10-8-19/h1-6,11-12H,7-10H2. The summed E-state index contributed by atoms with van der Waals surface area (Å²) in [6, 6.07) is 17.0. The second-order valence-corrected chi connectivity index (χ2v) is 5.16. The third-order valence-electron chi connectivity index (χ3n) is 3.88. The van der Waals surface area contributed by atoms with Gasteiger partial charge < -0.3 is 9.64 Å². The quantitative estimate of drug-likeness (QED) is 0.631. The molecular weight excluding hydrogens is 248 g/mol. The van der Waals surface area contributed by atoms with Crippen LogP contribution in [0.3, 0.4) is 0 Å². The van der Waals surface area contributed by atoms with Crippen LogP contribution in [0.25, 0.3) is 21.8 Å². The van der Waals surface area contributed by atoms with E-state index in [1.165, 1.54) is 16.5 Å². The van der Waals surface area contributed by atoms with Crippen LogP contribution in [-0.4, -0.2) is 31.3 Å². The Kier molecular flexibility index (Phi) is 2.78. The lowest BCUT2D eigenvalue weighted by atomic mass is 10.1. The van der Waals surface area contributed by atoms with Crippen molar-refractivity contribution in [3.05, 3.63) is 48.5 Å². The van der Waals surface area contributed by atoms with Crippen LogP contribution in [0.1, 0.15) is 0 Å². The fourth-order valence-corrected chi connectivity index (χ4v) is 2.79. The number of benzene rings is 2. The summed E-state index contributed by atoms with van der Waals surface area (Å²) >= 11 is 0. The van der Waals surface area contributed by atoms with E-state index in [1.54, 1.807) is 0 Å². The Labute approximate surface area is 117 Å². The van der Waals surface area contributed by atoms with Crippen LogP contribution in [0.4, 0.5) is 5.69 Å². The topological polar surface area (TPSA) is 25.4 Å². The lowest BCUT2D eigenvalue weighted by Gasteiger charge is -2.29. The SMILES string of the molecule is c1ccc2nc3ccc(N4CCOCC4)cc3cc2c1. The molecule has 100 valence electrons. The van der Waals surface area contributed by atoms with Crippen molar-refractivity contribution in [1.29, 1.82) is 0 Å². The van der Waals surface area contributed by atoms with Crippen molar-refractivity contribution in [2.45, 2.75) is 0 Å². The molecule has 0 N–H and O–H groups in total. The number of morpholine rings is 1. The van der Waals surface area contributed by atoms with Gasteiger partial charge in [-0.3, -0.25) is 0 Å². The molecule has 1 aliphatic heterocycles. The average Bonchev–Trinajstić information content (AvgIpc) is 2.53. The molecule has 0 unspecified atom stereocenters. The summed E-state index contributed by atoms with van der Waals surface area (Å²) in [4.78, 5) is 7.09. The van der Waals surface area contributed by atoms with Crippen molar-refractivity contribution >= 4 is 27.5 Å². The molecule has 0 bridgehead atoms. The summed E-state index contributed by atoms with van der Waals surface area (Å²) in [5, 5.41) is 2.40. The molecule has 0 saturated carbocycles. The highest BCUT2D eigenvalue weighted by molar-refractivity contribution is 5.94. The highest BCUT2D eigenvalue weighted by atomic mass is 16.5. The van der Waals surface area contributed by atoms with E-state index in [4.69, 9.17) is 9.72 Å². The lowest BCUT2D eigenvalue weighted by Crippen LogP contribution is -2.36. The van der Waals surface area contributed by atoms with Gasteiger partial charge in [-0.25, -0.2) is 4.98 Å². The van der Waals surface area contributed by atoms with E-state index >= 15 is 0 Å². The van der Waals surface area contributed by atoms with Gasteiger partial charge in [0.15, 0.2) is 0 Å². The first kappa shape index (κ1) is 11.7. The predicted octanol–water partition coefficient (Wildman–Crippen LogP) is 3.22. The zero-order valence-corrected chi connectivity index (χ0v) is 11.2. The predicted molar refractivity (Wildman–Crippen MR) is 82.3 cm³/mol. The molecule has 1 aliphatic rings. The number of aromatic nitrogens is 1. The molecule has 1 saturated heterocycles. The number of hydrogen-bond donors (Lipinski definition) is 0. The Bertz CT molecular complexity index is 763. The summed E-state index contributed by atoms with van der Waals surface area (Å²) in [5.74, 6) is 0.